The van der Waals surface area contributed by atoms with Crippen molar-refractivity contribution in [3.05, 3.63) is 23.8 Å². The third-order valence-corrected chi connectivity index (χ3v) is 3.32. The largest absolute Gasteiger partial charge is 0.357 e. The fraction of sp³-hybridized carbons (Fsp3) is 0.182. The third-order valence-electron chi connectivity index (χ3n) is 2.52. The molecule has 0 amide bonds. The predicted molar refractivity (Wildman–Crippen MR) is 73.5 cm³/mol. The van der Waals surface area contributed by atoms with Crippen LogP contribution in [-0.4, -0.2) is 26.8 Å². The smallest absolute Gasteiger partial charge is 0.225 e. The first-order valence-corrected chi connectivity index (χ1v) is 6.33. The average molecular weight is 260 g/mol. The van der Waals surface area contributed by atoms with E-state index in [2.05, 4.69) is 25.7 Å². The maximum absolute atomic E-state index is 4.43. The lowest BCUT2D eigenvalue weighted by atomic mass is 10.3. The monoisotopic (exact) mass is 260 g/mol. The molecule has 0 fully saturated rings. The Bertz CT molecular complexity index is 686. The maximum Gasteiger partial charge on any atom is 0.225 e. The Morgan fingerprint density at radius 3 is 2.94 bits per heavy atom. The minimum atomic E-state index is 0.608. The summed E-state index contributed by atoms with van der Waals surface area (Å²) in [4.78, 5) is 9.79. The van der Waals surface area contributed by atoms with Crippen molar-refractivity contribution >= 4 is 39.0 Å². The van der Waals surface area contributed by atoms with E-state index in [0.29, 0.717) is 5.95 Å². The Labute approximate surface area is 108 Å². The predicted octanol–water partition coefficient (Wildman–Crippen LogP) is 2.21. The number of nitrogens with one attached hydrogen (secondary N) is 2. The summed E-state index contributed by atoms with van der Waals surface area (Å²) in [7, 11) is 3.69. The van der Waals surface area contributed by atoms with E-state index in [0.717, 1.165) is 21.7 Å². The maximum atomic E-state index is 4.43. The molecule has 6 nitrogen and oxygen atoms in total. The van der Waals surface area contributed by atoms with E-state index in [1.165, 1.54) is 0 Å². The lowest BCUT2D eigenvalue weighted by molar-refractivity contribution is 0.768. The van der Waals surface area contributed by atoms with Gasteiger partial charge in [-0.15, -0.1) is 11.3 Å². The highest BCUT2D eigenvalue weighted by Crippen LogP contribution is 2.28. The summed E-state index contributed by atoms with van der Waals surface area (Å²) in [6, 6.07) is 2.01. The number of fused-ring (bicyclic) bond motifs is 1. The third kappa shape index (κ3) is 1.88. The molecule has 3 heterocycles. The Morgan fingerprint density at radius 2 is 2.22 bits per heavy atom. The van der Waals surface area contributed by atoms with Crippen molar-refractivity contribution in [2.75, 3.05) is 17.7 Å². The SMILES string of the molecule is CNc1nc(Nc2cnn(C)c2)c2ccsc2n1. The van der Waals surface area contributed by atoms with E-state index >= 15 is 0 Å². The molecule has 0 radical (unpaired) electrons. The summed E-state index contributed by atoms with van der Waals surface area (Å²) in [5.74, 6) is 1.40. The molecular weight excluding hydrogens is 248 g/mol. The van der Waals surface area contributed by atoms with Crippen LogP contribution in [0.5, 0.6) is 0 Å². The van der Waals surface area contributed by atoms with Crippen molar-refractivity contribution in [2.45, 2.75) is 0 Å². The molecule has 92 valence electrons. The number of hydrogen-bond donors (Lipinski definition) is 2. The second-order valence-electron chi connectivity index (χ2n) is 3.81. The van der Waals surface area contributed by atoms with Crippen LogP contribution in [0, 0.1) is 0 Å². The van der Waals surface area contributed by atoms with Gasteiger partial charge in [0.15, 0.2) is 0 Å². The minimum absolute atomic E-state index is 0.608. The van der Waals surface area contributed by atoms with Gasteiger partial charge in [0, 0.05) is 20.3 Å². The standard InChI is InChI=1S/C11H12N6S/c1-12-11-15-9(8-3-4-18-10(8)16-11)14-7-5-13-17(2)6-7/h3-6H,1-2H3,(H2,12,14,15,16). The average Bonchev–Trinajstić information content (AvgIpc) is 2.98. The quantitative estimate of drug-likeness (QED) is 0.755. The number of aromatic nitrogens is 4. The molecule has 7 heteroatoms. The van der Waals surface area contributed by atoms with Crippen LogP contribution in [-0.2, 0) is 7.05 Å². The normalized spacial score (nSPS) is 10.8. The molecule has 0 aliphatic heterocycles. The molecule has 0 saturated heterocycles. The van der Waals surface area contributed by atoms with Gasteiger partial charge < -0.3 is 10.6 Å². The minimum Gasteiger partial charge on any atom is -0.357 e. The van der Waals surface area contributed by atoms with Crippen molar-refractivity contribution in [2.24, 2.45) is 7.05 Å². The molecule has 0 saturated carbocycles. The molecule has 18 heavy (non-hydrogen) atoms. The Kier molecular flexibility index (Phi) is 2.60. The molecule has 0 spiro atoms. The number of anilines is 3. The van der Waals surface area contributed by atoms with E-state index in [1.54, 1.807) is 22.2 Å². The molecule has 0 aliphatic carbocycles. The number of aryl methyl sites for hydroxylation is 1. The van der Waals surface area contributed by atoms with Gasteiger partial charge in [-0.1, -0.05) is 0 Å². The zero-order chi connectivity index (χ0) is 12.5. The fourth-order valence-corrected chi connectivity index (χ4v) is 2.45. The van der Waals surface area contributed by atoms with Crippen LogP contribution >= 0.6 is 11.3 Å². The van der Waals surface area contributed by atoms with Crippen LogP contribution < -0.4 is 10.6 Å². The topological polar surface area (TPSA) is 67.7 Å². The summed E-state index contributed by atoms with van der Waals surface area (Å²) in [6.45, 7) is 0. The zero-order valence-corrected chi connectivity index (χ0v) is 10.8. The van der Waals surface area contributed by atoms with Crippen LogP contribution in [0.2, 0.25) is 0 Å². The summed E-state index contributed by atoms with van der Waals surface area (Å²) >= 11 is 1.59. The van der Waals surface area contributed by atoms with Gasteiger partial charge in [-0.2, -0.15) is 10.1 Å². The van der Waals surface area contributed by atoms with E-state index in [1.807, 2.05) is 31.7 Å². The van der Waals surface area contributed by atoms with Crippen molar-refractivity contribution in [1.82, 2.24) is 19.7 Å². The number of hydrogen-bond acceptors (Lipinski definition) is 6. The van der Waals surface area contributed by atoms with Gasteiger partial charge in [-0.25, -0.2) is 4.98 Å². The van der Waals surface area contributed by atoms with Crippen molar-refractivity contribution in [1.29, 1.82) is 0 Å². The van der Waals surface area contributed by atoms with Gasteiger partial charge in [-0.3, -0.25) is 4.68 Å². The van der Waals surface area contributed by atoms with E-state index in [4.69, 9.17) is 0 Å². The fourth-order valence-electron chi connectivity index (χ4n) is 1.68. The highest BCUT2D eigenvalue weighted by molar-refractivity contribution is 7.16. The first kappa shape index (κ1) is 11.0. The summed E-state index contributed by atoms with van der Waals surface area (Å²) in [5.41, 5.74) is 0.908. The highest BCUT2D eigenvalue weighted by Gasteiger charge is 2.09. The Morgan fingerprint density at radius 1 is 1.33 bits per heavy atom. The number of nitrogens with zero attached hydrogens (tertiary/aromatic N) is 4. The van der Waals surface area contributed by atoms with Crippen molar-refractivity contribution in [3.8, 4) is 0 Å². The van der Waals surface area contributed by atoms with Gasteiger partial charge in [0.05, 0.1) is 17.3 Å². The van der Waals surface area contributed by atoms with Crippen molar-refractivity contribution in [3.63, 3.8) is 0 Å². The number of thiophene rings is 1. The molecule has 0 bridgehead atoms. The van der Waals surface area contributed by atoms with Crippen LogP contribution in [0.15, 0.2) is 23.8 Å². The van der Waals surface area contributed by atoms with Gasteiger partial charge in [0.2, 0.25) is 5.95 Å². The van der Waals surface area contributed by atoms with Gasteiger partial charge >= 0.3 is 0 Å². The second kappa shape index (κ2) is 4.26. The van der Waals surface area contributed by atoms with E-state index in [9.17, 15) is 0 Å². The molecule has 2 N–H and O–H groups in total. The molecule has 0 aliphatic rings. The van der Waals surface area contributed by atoms with Crippen LogP contribution in [0.4, 0.5) is 17.5 Å². The Hall–Kier alpha value is -2.15. The van der Waals surface area contributed by atoms with E-state index in [-0.39, 0.29) is 0 Å². The summed E-state index contributed by atoms with van der Waals surface area (Å²) in [5, 5.41) is 13.4. The molecule has 3 aromatic rings. The van der Waals surface area contributed by atoms with Crippen molar-refractivity contribution < 1.29 is 0 Å². The second-order valence-corrected chi connectivity index (χ2v) is 4.71. The molecule has 0 aromatic carbocycles. The van der Waals surface area contributed by atoms with Crippen LogP contribution in [0.1, 0.15) is 0 Å². The van der Waals surface area contributed by atoms with Crippen LogP contribution in [0.3, 0.4) is 0 Å². The highest BCUT2D eigenvalue weighted by atomic mass is 32.1. The summed E-state index contributed by atoms with van der Waals surface area (Å²) < 4.78 is 1.74. The Balaban J connectivity index is 2.06. The number of rotatable bonds is 3. The molecule has 0 unspecified atom stereocenters. The molecule has 3 aromatic heterocycles. The molecule has 0 atom stereocenters. The lowest BCUT2D eigenvalue weighted by Gasteiger charge is -2.06. The first-order chi connectivity index (χ1) is 8.76. The van der Waals surface area contributed by atoms with Crippen LogP contribution in [0.25, 0.3) is 10.2 Å². The molecular formula is C11H12N6S. The lowest BCUT2D eigenvalue weighted by Crippen LogP contribution is -2.00. The first-order valence-electron chi connectivity index (χ1n) is 5.45. The summed E-state index contributed by atoms with van der Waals surface area (Å²) in [6.07, 6.45) is 3.67. The van der Waals surface area contributed by atoms with E-state index < -0.39 is 0 Å². The van der Waals surface area contributed by atoms with Gasteiger partial charge in [0.25, 0.3) is 0 Å². The van der Waals surface area contributed by atoms with Gasteiger partial charge in [-0.05, 0) is 11.4 Å². The van der Waals surface area contributed by atoms with Gasteiger partial charge in [0.1, 0.15) is 10.6 Å². The zero-order valence-electron chi connectivity index (χ0n) is 10.0. The molecule has 3 rings (SSSR count).